The summed E-state index contributed by atoms with van der Waals surface area (Å²) in [4.78, 5) is 10.8. The summed E-state index contributed by atoms with van der Waals surface area (Å²) in [6, 6.07) is 7.98. The third-order valence-electron chi connectivity index (χ3n) is 2.37. The summed E-state index contributed by atoms with van der Waals surface area (Å²) in [6.45, 7) is 3.43. The normalized spacial score (nSPS) is 9.44. The van der Waals surface area contributed by atoms with E-state index in [0.29, 0.717) is 13.2 Å². The Labute approximate surface area is 114 Å². The minimum absolute atomic E-state index is 0. The summed E-state index contributed by atoms with van der Waals surface area (Å²) in [5.74, 6) is 0.783. The molecule has 5 heteroatoms. The van der Waals surface area contributed by atoms with E-state index in [9.17, 15) is 4.79 Å². The van der Waals surface area contributed by atoms with Crippen molar-refractivity contribution in [1.82, 2.24) is 5.32 Å². The highest BCUT2D eigenvalue weighted by atomic mass is 35.5. The number of hydrogen-bond acceptors (Lipinski definition) is 3. The van der Waals surface area contributed by atoms with Crippen molar-refractivity contribution >= 4 is 18.3 Å². The van der Waals surface area contributed by atoms with Crippen LogP contribution in [-0.4, -0.2) is 25.6 Å². The van der Waals surface area contributed by atoms with Crippen molar-refractivity contribution < 1.29 is 9.53 Å². The van der Waals surface area contributed by atoms with Gasteiger partial charge in [0.25, 0.3) is 0 Å². The van der Waals surface area contributed by atoms with Gasteiger partial charge in [-0.05, 0) is 31.9 Å². The molecule has 0 aliphatic carbocycles. The number of hydrogen-bond donors (Lipinski definition) is 2. The fraction of sp³-hybridized carbons (Fsp3) is 0.462. The average molecular weight is 273 g/mol. The van der Waals surface area contributed by atoms with Crippen molar-refractivity contribution in [3.63, 3.8) is 0 Å². The molecule has 0 heterocycles. The Morgan fingerprint density at radius 3 is 2.56 bits per heavy atom. The summed E-state index contributed by atoms with van der Waals surface area (Å²) in [6.07, 6.45) is 1.82. The molecule has 0 spiro atoms. The lowest BCUT2D eigenvalue weighted by atomic mass is 10.2. The van der Waals surface area contributed by atoms with E-state index in [4.69, 9.17) is 10.5 Å². The monoisotopic (exact) mass is 272 g/mol. The van der Waals surface area contributed by atoms with Gasteiger partial charge in [0, 0.05) is 6.54 Å². The summed E-state index contributed by atoms with van der Waals surface area (Å²) in [5, 5.41) is 2.72. The van der Waals surface area contributed by atoms with Gasteiger partial charge < -0.3 is 15.8 Å². The third-order valence-corrected chi connectivity index (χ3v) is 2.37. The van der Waals surface area contributed by atoms with Crippen molar-refractivity contribution in [2.24, 2.45) is 5.73 Å². The number of carbonyl (C=O) groups is 1. The first-order valence-electron chi connectivity index (χ1n) is 5.88. The molecule has 1 amide bonds. The predicted octanol–water partition coefficient (Wildman–Crippen LogP) is 1.65. The fourth-order valence-electron chi connectivity index (χ4n) is 1.35. The van der Waals surface area contributed by atoms with Gasteiger partial charge in [0.1, 0.15) is 5.75 Å². The van der Waals surface area contributed by atoms with Crippen LogP contribution >= 0.6 is 12.4 Å². The zero-order chi connectivity index (χ0) is 12.5. The van der Waals surface area contributed by atoms with Crippen LogP contribution in [0.1, 0.15) is 18.4 Å². The summed E-state index contributed by atoms with van der Waals surface area (Å²) >= 11 is 0. The zero-order valence-corrected chi connectivity index (χ0v) is 11.5. The van der Waals surface area contributed by atoms with Gasteiger partial charge in [-0.15, -0.1) is 12.4 Å². The number of halogens is 1. The zero-order valence-electron chi connectivity index (χ0n) is 10.6. The van der Waals surface area contributed by atoms with Crippen molar-refractivity contribution in [3.05, 3.63) is 29.8 Å². The molecule has 1 aromatic rings. The molecule has 0 saturated heterocycles. The number of carbonyl (C=O) groups excluding carboxylic acids is 1. The first kappa shape index (κ1) is 16.7. The smallest absolute Gasteiger partial charge is 0.233 e. The number of nitrogens with one attached hydrogen (secondary N) is 1. The Hall–Kier alpha value is -1.26. The first-order chi connectivity index (χ1) is 8.22. The minimum Gasteiger partial charge on any atom is -0.494 e. The van der Waals surface area contributed by atoms with Crippen LogP contribution in [0, 0.1) is 6.92 Å². The van der Waals surface area contributed by atoms with Gasteiger partial charge in [0.2, 0.25) is 5.91 Å². The average Bonchev–Trinajstić information content (AvgIpc) is 2.35. The van der Waals surface area contributed by atoms with E-state index >= 15 is 0 Å². The molecule has 0 unspecified atom stereocenters. The second-order valence-corrected chi connectivity index (χ2v) is 3.92. The number of unbranched alkanes of at least 4 members (excludes halogenated alkanes) is 1. The number of ether oxygens (including phenoxy) is 1. The molecule has 0 aliphatic rings. The number of rotatable bonds is 7. The predicted molar refractivity (Wildman–Crippen MR) is 75.2 cm³/mol. The van der Waals surface area contributed by atoms with E-state index in [-0.39, 0.29) is 24.9 Å². The lowest BCUT2D eigenvalue weighted by molar-refractivity contribution is -0.119. The molecule has 4 nitrogen and oxygen atoms in total. The number of nitrogens with two attached hydrogens (primary N) is 1. The molecule has 0 radical (unpaired) electrons. The Morgan fingerprint density at radius 2 is 1.94 bits per heavy atom. The molecular formula is C13H21ClN2O2. The van der Waals surface area contributed by atoms with Crippen LogP contribution in [-0.2, 0) is 4.79 Å². The van der Waals surface area contributed by atoms with Crippen LogP contribution in [0.2, 0.25) is 0 Å². The van der Waals surface area contributed by atoms with E-state index < -0.39 is 0 Å². The van der Waals surface area contributed by atoms with Crippen molar-refractivity contribution in [2.75, 3.05) is 19.7 Å². The molecule has 1 rings (SSSR count). The second-order valence-electron chi connectivity index (χ2n) is 3.92. The van der Waals surface area contributed by atoms with E-state index in [0.717, 1.165) is 18.6 Å². The molecule has 0 atom stereocenters. The van der Waals surface area contributed by atoms with Gasteiger partial charge in [-0.25, -0.2) is 0 Å². The Bertz CT molecular complexity index is 341. The molecule has 1 aromatic carbocycles. The molecular weight excluding hydrogens is 252 g/mol. The van der Waals surface area contributed by atoms with Gasteiger partial charge in [-0.2, -0.15) is 0 Å². The molecule has 0 bridgehead atoms. The second kappa shape index (κ2) is 9.74. The highest BCUT2D eigenvalue weighted by Crippen LogP contribution is 2.11. The van der Waals surface area contributed by atoms with Crippen molar-refractivity contribution in [2.45, 2.75) is 19.8 Å². The number of benzene rings is 1. The Kier molecular flexibility index (Phi) is 9.06. The summed E-state index contributed by atoms with van der Waals surface area (Å²) < 4.78 is 5.56. The highest BCUT2D eigenvalue weighted by molar-refractivity contribution is 5.85. The molecule has 0 fully saturated rings. The summed E-state index contributed by atoms with van der Waals surface area (Å²) in [7, 11) is 0. The maximum atomic E-state index is 10.8. The standard InChI is InChI=1S/C13H20N2O2.ClH/c1-11-4-6-12(7-5-11)17-9-3-2-8-15-13(16)10-14;/h4-7H,2-3,8-10,14H2,1H3,(H,15,16);1H. The van der Waals surface area contributed by atoms with Gasteiger partial charge in [0.15, 0.2) is 0 Å². The highest BCUT2D eigenvalue weighted by Gasteiger charge is 1.96. The van der Waals surface area contributed by atoms with Gasteiger partial charge in [0.05, 0.1) is 13.2 Å². The van der Waals surface area contributed by atoms with Crippen LogP contribution in [0.5, 0.6) is 5.75 Å². The molecule has 102 valence electrons. The largest absolute Gasteiger partial charge is 0.494 e. The number of aryl methyl sites for hydroxylation is 1. The van der Waals surface area contributed by atoms with Crippen LogP contribution in [0.25, 0.3) is 0 Å². The molecule has 18 heavy (non-hydrogen) atoms. The maximum Gasteiger partial charge on any atom is 0.233 e. The fourth-order valence-corrected chi connectivity index (χ4v) is 1.35. The molecule has 0 saturated carbocycles. The van der Waals surface area contributed by atoms with E-state index in [1.807, 2.05) is 31.2 Å². The lowest BCUT2D eigenvalue weighted by Gasteiger charge is -2.06. The lowest BCUT2D eigenvalue weighted by Crippen LogP contribution is -2.31. The Balaban J connectivity index is 0.00000289. The van der Waals surface area contributed by atoms with Gasteiger partial charge in [-0.3, -0.25) is 4.79 Å². The molecule has 0 aliphatic heterocycles. The topological polar surface area (TPSA) is 64.3 Å². The van der Waals surface area contributed by atoms with Gasteiger partial charge in [-0.1, -0.05) is 17.7 Å². The van der Waals surface area contributed by atoms with Crippen LogP contribution in [0.4, 0.5) is 0 Å². The van der Waals surface area contributed by atoms with Crippen LogP contribution in [0.3, 0.4) is 0 Å². The maximum absolute atomic E-state index is 10.8. The molecule has 0 aromatic heterocycles. The van der Waals surface area contributed by atoms with Gasteiger partial charge >= 0.3 is 0 Å². The SMILES string of the molecule is Cc1ccc(OCCCCNC(=O)CN)cc1.Cl. The summed E-state index contributed by atoms with van der Waals surface area (Å²) in [5.41, 5.74) is 6.39. The van der Waals surface area contributed by atoms with Crippen molar-refractivity contribution in [3.8, 4) is 5.75 Å². The number of amides is 1. The van der Waals surface area contributed by atoms with Crippen LogP contribution in [0.15, 0.2) is 24.3 Å². The van der Waals surface area contributed by atoms with Crippen LogP contribution < -0.4 is 15.8 Å². The van der Waals surface area contributed by atoms with E-state index in [1.165, 1.54) is 5.56 Å². The quantitative estimate of drug-likeness (QED) is 0.742. The van der Waals surface area contributed by atoms with Crippen molar-refractivity contribution in [1.29, 1.82) is 0 Å². The third kappa shape index (κ3) is 7.14. The minimum atomic E-state index is -0.107. The van der Waals surface area contributed by atoms with E-state index in [1.54, 1.807) is 0 Å². The first-order valence-corrected chi connectivity index (χ1v) is 5.88. The Morgan fingerprint density at radius 1 is 1.28 bits per heavy atom. The molecule has 3 N–H and O–H groups in total. The van der Waals surface area contributed by atoms with E-state index in [2.05, 4.69) is 5.32 Å².